The van der Waals surface area contributed by atoms with Crippen LogP contribution in [0.25, 0.3) is 0 Å². The van der Waals surface area contributed by atoms with Gasteiger partial charge >= 0.3 is 0 Å². The molecule has 2 aliphatic rings. The standard InChI is InChI=1S/C11H22N2/c1-8-9-6-5-7-12-10(9)11(2,3)13(8)4/h8-10,12H,5-7H2,1-4H3. The summed E-state index contributed by atoms with van der Waals surface area (Å²) >= 11 is 0. The highest BCUT2D eigenvalue weighted by Gasteiger charge is 2.50. The maximum absolute atomic E-state index is 3.69. The number of hydrogen-bond donors (Lipinski definition) is 1. The fourth-order valence-electron chi connectivity index (χ4n) is 3.24. The number of likely N-dealkylation sites (N-methyl/N-ethyl adjacent to an activating group) is 1. The predicted molar refractivity (Wildman–Crippen MR) is 55.8 cm³/mol. The van der Waals surface area contributed by atoms with Crippen molar-refractivity contribution in [2.75, 3.05) is 13.6 Å². The second-order valence-corrected chi connectivity index (χ2v) is 5.24. The Morgan fingerprint density at radius 1 is 1.38 bits per heavy atom. The molecule has 1 N–H and O–H groups in total. The van der Waals surface area contributed by atoms with Crippen LogP contribution in [0.1, 0.15) is 33.6 Å². The molecular weight excluding hydrogens is 160 g/mol. The first-order valence-electron chi connectivity index (χ1n) is 5.51. The minimum atomic E-state index is 0.338. The van der Waals surface area contributed by atoms with E-state index in [1.165, 1.54) is 19.4 Å². The average Bonchev–Trinajstić information content (AvgIpc) is 2.30. The third kappa shape index (κ3) is 1.23. The Labute approximate surface area is 81.7 Å². The number of fused-ring (bicyclic) bond motifs is 1. The maximum Gasteiger partial charge on any atom is 0.0309 e. The lowest BCUT2D eigenvalue weighted by atomic mass is 9.82. The molecule has 0 aliphatic carbocycles. The molecule has 13 heavy (non-hydrogen) atoms. The molecule has 2 saturated heterocycles. The molecule has 0 aromatic rings. The van der Waals surface area contributed by atoms with Crippen LogP contribution in [0.5, 0.6) is 0 Å². The van der Waals surface area contributed by atoms with Crippen molar-refractivity contribution in [1.29, 1.82) is 0 Å². The molecule has 2 fully saturated rings. The van der Waals surface area contributed by atoms with Gasteiger partial charge in [-0.25, -0.2) is 0 Å². The first kappa shape index (κ1) is 9.47. The van der Waals surface area contributed by atoms with E-state index in [9.17, 15) is 0 Å². The van der Waals surface area contributed by atoms with Gasteiger partial charge in [0.15, 0.2) is 0 Å². The first-order chi connectivity index (χ1) is 6.05. The van der Waals surface area contributed by atoms with E-state index in [-0.39, 0.29) is 0 Å². The summed E-state index contributed by atoms with van der Waals surface area (Å²) in [5, 5.41) is 3.69. The van der Waals surface area contributed by atoms with E-state index in [2.05, 4.69) is 38.0 Å². The normalized spacial score (nSPS) is 44.8. The molecule has 0 bridgehead atoms. The zero-order valence-electron chi connectivity index (χ0n) is 9.30. The van der Waals surface area contributed by atoms with Crippen LogP contribution in [0.3, 0.4) is 0 Å². The smallest absolute Gasteiger partial charge is 0.0309 e. The Morgan fingerprint density at radius 2 is 2.08 bits per heavy atom. The summed E-state index contributed by atoms with van der Waals surface area (Å²) in [5.41, 5.74) is 0.338. The van der Waals surface area contributed by atoms with Gasteiger partial charge in [0.25, 0.3) is 0 Å². The van der Waals surface area contributed by atoms with Crippen molar-refractivity contribution in [3.8, 4) is 0 Å². The van der Waals surface area contributed by atoms with Gasteiger partial charge in [-0.15, -0.1) is 0 Å². The van der Waals surface area contributed by atoms with Crippen molar-refractivity contribution in [1.82, 2.24) is 10.2 Å². The molecule has 2 heterocycles. The molecule has 0 amide bonds. The highest BCUT2D eigenvalue weighted by atomic mass is 15.3. The van der Waals surface area contributed by atoms with Gasteiger partial charge in [-0.2, -0.15) is 0 Å². The lowest BCUT2D eigenvalue weighted by Gasteiger charge is -2.37. The molecule has 2 rings (SSSR count). The second-order valence-electron chi connectivity index (χ2n) is 5.24. The van der Waals surface area contributed by atoms with Gasteiger partial charge in [-0.05, 0) is 53.1 Å². The fraction of sp³-hybridized carbons (Fsp3) is 1.00. The van der Waals surface area contributed by atoms with Crippen LogP contribution in [0, 0.1) is 5.92 Å². The van der Waals surface area contributed by atoms with Crippen molar-refractivity contribution in [3.05, 3.63) is 0 Å². The summed E-state index contributed by atoms with van der Waals surface area (Å²) in [6.07, 6.45) is 2.77. The van der Waals surface area contributed by atoms with E-state index in [1.807, 2.05) is 0 Å². The summed E-state index contributed by atoms with van der Waals surface area (Å²) in [6, 6.07) is 1.45. The molecule has 0 saturated carbocycles. The number of piperidine rings is 1. The van der Waals surface area contributed by atoms with Crippen LogP contribution < -0.4 is 5.32 Å². The molecular formula is C11H22N2. The van der Waals surface area contributed by atoms with Gasteiger partial charge in [0.1, 0.15) is 0 Å². The van der Waals surface area contributed by atoms with Crippen molar-refractivity contribution in [2.24, 2.45) is 5.92 Å². The van der Waals surface area contributed by atoms with Gasteiger partial charge < -0.3 is 5.32 Å². The highest BCUT2D eigenvalue weighted by molar-refractivity contribution is 5.08. The lowest BCUT2D eigenvalue weighted by Crippen LogP contribution is -2.52. The van der Waals surface area contributed by atoms with Gasteiger partial charge in [0, 0.05) is 17.6 Å². The van der Waals surface area contributed by atoms with Crippen LogP contribution in [0.15, 0.2) is 0 Å². The summed E-state index contributed by atoms with van der Waals surface area (Å²) < 4.78 is 0. The number of likely N-dealkylation sites (tertiary alicyclic amines) is 1. The van der Waals surface area contributed by atoms with E-state index in [4.69, 9.17) is 0 Å². The lowest BCUT2D eigenvalue weighted by molar-refractivity contribution is 0.158. The van der Waals surface area contributed by atoms with E-state index in [1.54, 1.807) is 0 Å². The fourth-order valence-corrected chi connectivity index (χ4v) is 3.24. The zero-order valence-corrected chi connectivity index (χ0v) is 9.30. The Balaban J connectivity index is 2.24. The summed E-state index contributed by atoms with van der Waals surface area (Å²) in [6.45, 7) is 8.32. The average molecular weight is 182 g/mol. The van der Waals surface area contributed by atoms with Crippen molar-refractivity contribution < 1.29 is 0 Å². The zero-order chi connectivity index (χ0) is 9.64. The van der Waals surface area contributed by atoms with Gasteiger partial charge in [0.2, 0.25) is 0 Å². The summed E-state index contributed by atoms with van der Waals surface area (Å²) in [7, 11) is 2.27. The van der Waals surface area contributed by atoms with Crippen molar-refractivity contribution in [3.63, 3.8) is 0 Å². The Morgan fingerprint density at radius 3 is 2.69 bits per heavy atom. The summed E-state index contributed by atoms with van der Waals surface area (Å²) in [4.78, 5) is 2.54. The number of nitrogens with zero attached hydrogens (tertiary/aromatic N) is 1. The molecule has 3 atom stereocenters. The number of hydrogen-bond acceptors (Lipinski definition) is 2. The third-order valence-electron chi connectivity index (χ3n) is 4.41. The third-order valence-corrected chi connectivity index (χ3v) is 4.41. The molecule has 0 aromatic heterocycles. The topological polar surface area (TPSA) is 15.3 Å². The van der Waals surface area contributed by atoms with Crippen molar-refractivity contribution in [2.45, 2.75) is 51.2 Å². The van der Waals surface area contributed by atoms with Gasteiger partial charge in [-0.3, -0.25) is 4.90 Å². The van der Waals surface area contributed by atoms with Crippen molar-refractivity contribution >= 4 is 0 Å². The van der Waals surface area contributed by atoms with Crippen LogP contribution in [0.4, 0.5) is 0 Å². The molecule has 0 aromatic carbocycles. The number of rotatable bonds is 0. The van der Waals surface area contributed by atoms with E-state index < -0.39 is 0 Å². The van der Waals surface area contributed by atoms with E-state index >= 15 is 0 Å². The van der Waals surface area contributed by atoms with Crippen LogP contribution in [0.2, 0.25) is 0 Å². The maximum atomic E-state index is 3.69. The largest absolute Gasteiger partial charge is 0.312 e. The molecule has 2 heteroatoms. The predicted octanol–water partition coefficient (Wildman–Crippen LogP) is 1.47. The van der Waals surface area contributed by atoms with E-state index in [0.717, 1.165) is 12.0 Å². The van der Waals surface area contributed by atoms with Crippen LogP contribution in [-0.2, 0) is 0 Å². The number of nitrogens with one attached hydrogen (secondary N) is 1. The first-order valence-corrected chi connectivity index (χ1v) is 5.51. The molecule has 2 nitrogen and oxygen atoms in total. The molecule has 76 valence electrons. The Hall–Kier alpha value is -0.0800. The monoisotopic (exact) mass is 182 g/mol. The second kappa shape index (κ2) is 2.96. The SMILES string of the molecule is CC1C2CCCNC2C(C)(C)N1C. The van der Waals surface area contributed by atoms with Crippen LogP contribution >= 0.6 is 0 Å². The quantitative estimate of drug-likeness (QED) is 0.610. The summed E-state index contributed by atoms with van der Waals surface area (Å²) in [5.74, 6) is 0.869. The van der Waals surface area contributed by atoms with E-state index in [0.29, 0.717) is 11.6 Å². The molecule has 2 aliphatic heterocycles. The Kier molecular flexibility index (Phi) is 2.16. The minimum Gasteiger partial charge on any atom is -0.312 e. The Bertz CT molecular complexity index is 200. The van der Waals surface area contributed by atoms with Gasteiger partial charge in [-0.1, -0.05) is 0 Å². The molecule has 0 spiro atoms. The minimum absolute atomic E-state index is 0.338. The van der Waals surface area contributed by atoms with Crippen LogP contribution in [-0.4, -0.2) is 36.1 Å². The molecule has 0 radical (unpaired) electrons. The van der Waals surface area contributed by atoms with Gasteiger partial charge in [0.05, 0.1) is 0 Å². The highest BCUT2D eigenvalue weighted by Crippen LogP contribution is 2.40. The molecule has 3 unspecified atom stereocenters.